The van der Waals surface area contributed by atoms with E-state index in [2.05, 4.69) is 10.4 Å². The fourth-order valence-electron chi connectivity index (χ4n) is 2.98. The molecule has 23 heavy (non-hydrogen) atoms. The number of aromatic nitrogens is 2. The van der Waals surface area contributed by atoms with E-state index in [0.717, 1.165) is 10.4 Å². The Hall–Kier alpha value is -2.47. The van der Waals surface area contributed by atoms with E-state index in [1.807, 2.05) is 17.5 Å². The van der Waals surface area contributed by atoms with Gasteiger partial charge in [0.1, 0.15) is 11.6 Å². The first-order chi connectivity index (χ1) is 11.2. The average Bonchev–Trinajstić information content (AvgIpc) is 3.18. The van der Waals surface area contributed by atoms with Gasteiger partial charge in [0, 0.05) is 22.8 Å². The molecule has 0 fully saturated rings. The molecule has 1 amide bonds. The number of carbonyl (C=O) groups is 1. The normalized spacial score (nSPS) is 16.9. The summed E-state index contributed by atoms with van der Waals surface area (Å²) in [5.74, 6) is -0.0252. The highest BCUT2D eigenvalue weighted by Gasteiger charge is 2.31. The van der Waals surface area contributed by atoms with Crippen molar-refractivity contribution < 1.29 is 9.18 Å². The maximum Gasteiger partial charge on any atom is 0.226 e. The fraction of sp³-hybridized carbons (Fsp3) is 0.176. The van der Waals surface area contributed by atoms with Crippen molar-refractivity contribution in [3.05, 3.63) is 69.8 Å². The predicted octanol–water partition coefficient (Wildman–Crippen LogP) is 3.61. The number of fused-ring (bicyclic) bond motifs is 1. The molecule has 0 radical (unpaired) electrons. The second kappa shape index (κ2) is 5.62. The zero-order chi connectivity index (χ0) is 15.8. The second-order valence-corrected chi connectivity index (χ2v) is 6.54. The lowest BCUT2D eigenvalue weighted by Crippen LogP contribution is -2.25. The Balaban J connectivity index is 1.75. The zero-order valence-electron chi connectivity index (χ0n) is 12.2. The SMILES string of the molecule is O=C1C[C@H](c2ccccc2F)c2cnn(Cc3cccs3)c2N1. The van der Waals surface area contributed by atoms with Crippen LogP contribution in [0, 0.1) is 5.82 Å². The molecule has 2 aromatic heterocycles. The molecule has 0 unspecified atom stereocenters. The molecule has 1 aliphatic heterocycles. The van der Waals surface area contributed by atoms with Gasteiger partial charge in [0.15, 0.2) is 0 Å². The van der Waals surface area contributed by atoms with E-state index < -0.39 is 0 Å². The van der Waals surface area contributed by atoms with Crippen molar-refractivity contribution in [2.45, 2.75) is 18.9 Å². The van der Waals surface area contributed by atoms with Crippen LogP contribution in [0.5, 0.6) is 0 Å². The molecule has 6 heteroatoms. The fourth-order valence-corrected chi connectivity index (χ4v) is 3.66. The molecule has 0 saturated heterocycles. The van der Waals surface area contributed by atoms with Gasteiger partial charge in [-0.05, 0) is 23.1 Å². The molecule has 1 aromatic carbocycles. The summed E-state index contributed by atoms with van der Waals surface area (Å²) < 4.78 is 15.9. The molecule has 3 aromatic rings. The lowest BCUT2D eigenvalue weighted by molar-refractivity contribution is -0.116. The number of hydrogen-bond donors (Lipinski definition) is 1. The maximum absolute atomic E-state index is 14.1. The van der Waals surface area contributed by atoms with Gasteiger partial charge in [-0.15, -0.1) is 11.3 Å². The minimum Gasteiger partial charge on any atom is -0.311 e. The van der Waals surface area contributed by atoms with Crippen LogP contribution in [0.3, 0.4) is 0 Å². The standard InChI is InChI=1S/C17H14FN3OS/c18-15-6-2-1-5-12(15)13-8-16(22)20-17-14(13)9-19-21(17)10-11-4-3-7-23-11/h1-7,9,13H,8,10H2,(H,20,22)/t13-/m1/s1. The first-order valence-corrected chi connectivity index (χ1v) is 8.22. The van der Waals surface area contributed by atoms with Gasteiger partial charge < -0.3 is 5.32 Å². The molecule has 0 bridgehead atoms. The van der Waals surface area contributed by atoms with E-state index >= 15 is 0 Å². The van der Waals surface area contributed by atoms with Gasteiger partial charge in [-0.25, -0.2) is 9.07 Å². The Bertz CT molecular complexity index is 857. The molecule has 116 valence electrons. The monoisotopic (exact) mass is 327 g/mol. The van der Waals surface area contributed by atoms with Crippen LogP contribution < -0.4 is 5.32 Å². The van der Waals surface area contributed by atoms with Gasteiger partial charge >= 0.3 is 0 Å². The van der Waals surface area contributed by atoms with Crippen molar-refractivity contribution in [1.29, 1.82) is 0 Å². The number of carbonyl (C=O) groups excluding carboxylic acids is 1. The van der Waals surface area contributed by atoms with Crippen LogP contribution in [0.25, 0.3) is 0 Å². The molecule has 0 aliphatic carbocycles. The number of thiophene rings is 1. The Labute approximate surface area is 136 Å². The average molecular weight is 327 g/mol. The number of nitrogens with one attached hydrogen (secondary N) is 1. The minimum atomic E-state index is -0.294. The van der Waals surface area contributed by atoms with Crippen LogP contribution >= 0.6 is 11.3 Å². The Morgan fingerprint density at radius 3 is 2.91 bits per heavy atom. The van der Waals surface area contributed by atoms with Gasteiger partial charge in [-0.1, -0.05) is 24.3 Å². The highest BCUT2D eigenvalue weighted by Crippen LogP contribution is 2.38. The molecule has 0 spiro atoms. The van der Waals surface area contributed by atoms with Gasteiger partial charge in [0.25, 0.3) is 0 Å². The van der Waals surface area contributed by atoms with E-state index in [0.29, 0.717) is 17.9 Å². The van der Waals surface area contributed by atoms with Gasteiger partial charge in [0.2, 0.25) is 5.91 Å². The van der Waals surface area contributed by atoms with Crippen molar-refractivity contribution in [1.82, 2.24) is 9.78 Å². The summed E-state index contributed by atoms with van der Waals surface area (Å²) in [5.41, 5.74) is 1.41. The van der Waals surface area contributed by atoms with Crippen LogP contribution in [0.1, 0.15) is 28.3 Å². The van der Waals surface area contributed by atoms with Crippen molar-refractivity contribution >= 4 is 23.1 Å². The third-order valence-electron chi connectivity index (χ3n) is 4.06. The minimum absolute atomic E-state index is 0.112. The molecule has 1 N–H and O–H groups in total. The van der Waals surface area contributed by atoms with E-state index in [4.69, 9.17) is 0 Å². The van der Waals surface area contributed by atoms with Crippen molar-refractivity contribution in [2.24, 2.45) is 0 Å². The number of halogens is 1. The summed E-state index contributed by atoms with van der Waals surface area (Å²) in [5, 5.41) is 9.29. The van der Waals surface area contributed by atoms with Crippen LogP contribution in [0.4, 0.5) is 10.2 Å². The van der Waals surface area contributed by atoms with E-state index in [1.165, 1.54) is 6.07 Å². The van der Waals surface area contributed by atoms with E-state index in [-0.39, 0.29) is 24.1 Å². The largest absolute Gasteiger partial charge is 0.311 e. The summed E-state index contributed by atoms with van der Waals surface area (Å²) in [4.78, 5) is 13.3. The zero-order valence-corrected chi connectivity index (χ0v) is 13.0. The number of benzene rings is 1. The third kappa shape index (κ3) is 2.55. The topological polar surface area (TPSA) is 46.9 Å². The number of anilines is 1. The van der Waals surface area contributed by atoms with E-state index in [9.17, 15) is 9.18 Å². The highest BCUT2D eigenvalue weighted by atomic mass is 32.1. The molecule has 0 saturated carbocycles. The first-order valence-electron chi connectivity index (χ1n) is 7.35. The van der Waals surface area contributed by atoms with Crippen LogP contribution in [-0.4, -0.2) is 15.7 Å². The van der Waals surface area contributed by atoms with Crippen molar-refractivity contribution in [3.8, 4) is 0 Å². The molecular weight excluding hydrogens is 313 g/mol. The second-order valence-electron chi connectivity index (χ2n) is 5.51. The Morgan fingerprint density at radius 1 is 1.26 bits per heavy atom. The number of amides is 1. The molecule has 4 nitrogen and oxygen atoms in total. The quantitative estimate of drug-likeness (QED) is 0.799. The van der Waals surface area contributed by atoms with Crippen LogP contribution in [0.2, 0.25) is 0 Å². The summed E-state index contributed by atoms with van der Waals surface area (Å²) in [7, 11) is 0. The summed E-state index contributed by atoms with van der Waals surface area (Å²) in [6, 6.07) is 10.6. The first kappa shape index (κ1) is 14.1. The molecule has 3 heterocycles. The number of hydrogen-bond acceptors (Lipinski definition) is 3. The molecule has 1 aliphatic rings. The van der Waals surface area contributed by atoms with Crippen molar-refractivity contribution in [2.75, 3.05) is 5.32 Å². The van der Waals surface area contributed by atoms with Crippen molar-refractivity contribution in [3.63, 3.8) is 0 Å². The maximum atomic E-state index is 14.1. The van der Waals surface area contributed by atoms with Gasteiger partial charge in [-0.3, -0.25) is 4.79 Å². The summed E-state index contributed by atoms with van der Waals surface area (Å²) in [6.45, 7) is 0.595. The number of nitrogens with zero attached hydrogens (tertiary/aromatic N) is 2. The Kier molecular flexibility index (Phi) is 3.46. The summed E-state index contributed by atoms with van der Waals surface area (Å²) >= 11 is 1.64. The van der Waals surface area contributed by atoms with Gasteiger partial charge in [-0.2, -0.15) is 5.10 Å². The molecule has 4 rings (SSSR count). The highest BCUT2D eigenvalue weighted by molar-refractivity contribution is 7.09. The smallest absolute Gasteiger partial charge is 0.226 e. The van der Waals surface area contributed by atoms with Crippen LogP contribution in [0.15, 0.2) is 48.0 Å². The molecular formula is C17H14FN3OS. The van der Waals surface area contributed by atoms with Crippen LogP contribution in [-0.2, 0) is 11.3 Å². The van der Waals surface area contributed by atoms with E-state index in [1.54, 1.807) is 40.4 Å². The predicted molar refractivity (Wildman–Crippen MR) is 87.1 cm³/mol. The lowest BCUT2D eigenvalue weighted by atomic mass is 9.87. The van der Waals surface area contributed by atoms with Gasteiger partial charge in [0.05, 0.1) is 12.7 Å². The lowest BCUT2D eigenvalue weighted by Gasteiger charge is -2.24. The Morgan fingerprint density at radius 2 is 2.13 bits per heavy atom. The molecule has 1 atom stereocenters. The third-order valence-corrected chi connectivity index (χ3v) is 4.92. The summed E-state index contributed by atoms with van der Waals surface area (Å²) in [6.07, 6.45) is 1.97. The number of rotatable bonds is 3.